The van der Waals surface area contributed by atoms with Crippen molar-refractivity contribution in [2.45, 2.75) is 6.92 Å². The van der Waals surface area contributed by atoms with Gasteiger partial charge >= 0.3 is 0 Å². The lowest BCUT2D eigenvalue weighted by molar-refractivity contribution is -0.137. The van der Waals surface area contributed by atoms with Crippen molar-refractivity contribution in [3.05, 3.63) is 62.6 Å². The van der Waals surface area contributed by atoms with E-state index >= 15 is 0 Å². The largest absolute Gasteiger partial charge is 0.483 e. The number of hydrogen-bond donors (Lipinski definition) is 1. The number of halogens is 2. The Morgan fingerprint density at radius 3 is 2.75 bits per heavy atom. The van der Waals surface area contributed by atoms with Crippen LogP contribution < -0.4 is 10.1 Å². The molecule has 0 atom stereocenters. The van der Waals surface area contributed by atoms with Gasteiger partial charge in [0.15, 0.2) is 6.61 Å². The fraction of sp³-hybridized carbons (Fsp3) is 0.261. The summed E-state index contributed by atoms with van der Waals surface area (Å²) in [6.45, 7) is 3.87. The summed E-state index contributed by atoms with van der Waals surface area (Å²) in [5.74, 6) is -0.157. The fourth-order valence-corrected chi connectivity index (χ4v) is 3.70. The van der Waals surface area contributed by atoms with Gasteiger partial charge < -0.3 is 19.7 Å². The maximum Gasteiger partial charge on any atom is 0.266 e. The lowest BCUT2D eigenvalue weighted by atomic mass is 10.1. The highest BCUT2D eigenvalue weighted by Crippen LogP contribution is 2.28. The number of morpholine rings is 1. The van der Waals surface area contributed by atoms with E-state index in [1.807, 2.05) is 6.07 Å². The first-order valence-corrected chi connectivity index (χ1v) is 11.0. The fourth-order valence-electron chi connectivity index (χ4n) is 3.02. The van der Waals surface area contributed by atoms with Gasteiger partial charge in [0.2, 0.25) is 0 Å². The van der Waals surface area contributed by atoms with E-state index in [1.165, 1.54) is 6.08 Å². The monoisotopic (exact) mass is 517 g/mol. The van der Waals surface area contributed by atoms with Crippen molar-refractivity contribution in [2.24, 2.45) is 0 Å². The summed E-state index contributed by atoms with van der Waals surface area (Å²) in [7, 11) is 0. The molecule has 0 saturated carbocycles. The highest BCUT2D eigenvalue weighted by molar-refractivity contribution is 9.10. The molecule has 1 aliphatic heterocycles. The second kappa shape index (κ2) is 11.1. The quantitative estimate of drug-likeness (QED) is 0.457. The van der Waals surface area contributed by atoms with Crippen LogP contribution in [0.15, 0.2) is 46.4 Å². The molecule has 9 heteroatoms. The summed E-state index contributed by atoms with van der Waals surface area (Å²) in [6.07, 6.45) is 1.47. The number of nitriles is 1. The minimum Gasteiger partial charge on any atom is -0.483 e. The molecule has 0 aromatic heterocycles. The predicted octanol–water partition coefficient (Wildman–Crippen LogP) is 4.19. The molecule has 0 bridgehead atoms. The van der Waals surface area contributed by atoms with Crippen LogP contribution in [0.25, 0.3) is 6.08 Å². The van der Waals surface area contributed by atoms with Gasteiger partial charge in [0.05, 0.1) is 17.7 Å². The second-order valence-corrected chi connectivity index (χ2v) is 8.27. The highest BCUT2D eigenvalue weighted by Gasteiger charge is 2.18. The molecule has 1 saturated heterocycles. The lowest BCUT2D eigenvalue weighted by Crippen LogP contribution is -2.43. The van der Waals surface area contributed by atoms with E-state index in [0.717, 1.165) is 5.56 Å². The summed E-state index contributed by atoms with van der Waals surface area (Å²) < 4.78 is 11.5. The van der Waals surface area contributed by atoms with E-state index in [0.29, 0.717) is 52.8 Å². The summed E-state index contributed by atoms with van der Waals surface area (Å²) in [4.78, 5) is 26.5. The summed E-state index contributed by atoms with van der Waals surface area (Å²) >= 11 is 9.50. The Morgan fingerprint density at radius 2 is 2.06 bits per heavy atom. The van der Waals surface area contributed by atoms with Crippen LogP contribution in [0.4, 0.5) is 5.69 Å². The first-order chi connectivity index (χ1) is 15.4. The minimum atomic E-state index is -0.537. The van der Waals surface area contributed by atoms with E-state index < -0.39 is 5.91 Å². The number of nitrogens with zero attached hydrogens (tertiary/aromatic N) is 2. The molecule has 32 heavy (non-hydrogen) atoms. The van der Waals surface area contributed by atoms with Gasteiger partial charge in [-0.1, -0.05) is 23.7 Å². The van der Waals surface area contributed by atoms with Crippen LogP contribution in [0.2, 0.25) is 5.02 Å². The van der Waals surface area contributed by atoms with E-state index in [2.05, 4.69) is 21.2 Å². The number of carbonyl (C=O) groups excluding carboxylic acids is 2. The molecule has 2 amide bonds. The van der Waals surface area contributed by atoms with Crippen LogP contribution in [0, 0.1) is 18.3 Å². The summed E-state index contributed by atoms with van der Waals surface area (Å²) in [5, 5.41) is 12.7. The van der Waals surface area contributed by atoms with Gasteiger partial charge in [0, 0.05) is 23.8 Å². The number of carbonyl (C=O) groups is 2. The van der Waals surface area contributed by atoms with Gasteiger partial charge in [-0.3, -0.25) is 9.59 Å². The number of anilines is 1. The number of rotatable bonds is 6. The average Bonchev–Trinajstić information content (AvgIpc) is 2.80. The van der Waals surface area contributed by atoms with Crippen molar-refractivity contribution >= 4 is 51.1 Å². The van der Waals surface area contributed by atoms with Gasteiger partial charge in [0.25, 0.3) is 11.8 Å². The van der Waals surface area contributed by atoms with Crippen LogP contribution in [-0.2, 0) is 14.3 Å². The molecule has 2 aromatic rings. The van der Waals surface area contributed by atoms with Crippen molar-refractivity contribution in [1.29, 1.82) is 5.26 Å². The van der Waals surface area contributed by atoms with Gasteiger partial charge in [-0.25, -0.2) is 0 Å². The predicted molar refractivity (Wildman–Crippen MR) is 125 cm³/mol. The van der Waals surface area contributed by atoms with E-state index in [1.54, 1.807) is 48.2 Å². The van der Waals surface area contributed by atoms with E-state index in [4.69, 9.17) is 21.1 Å². The lowest BCUT2D eigenvalue weighted by Gasteiger charge is -2.26. The van der Waals surface area contributed by atoms with Crippen molar-refractivity contribution in [3.63, 3.8) is 0 Å². The van der Waals surface area contributed by atoms with E-state index in [-0.39, 0.29) is 18.1 Å². The van der Waals surface area contributed by atoms with Crippen LogP contribution in [0.3, 0.4) is 0 Å². The molecule has 7 nitrogen and oxygen atoms in total. The Morgan fingerprint density at radius 1 is 1.31 bits per heavy atom. The SMILES string of the molecule is Cc1c(Cl)cccc1NC(=O)/C(C#N)=C\c1ccc(OCC(=O)N2CCOCC2)c(Br)c1. The normalized spacial score (nSPS) is 13.9. The Balaban J connectivity index is 1.67. The first-order valence-electron chi connectivity index (χ1n) is 9.85. The third kappa shape index (κ3) is 6.10. The molecule has 0 aliphatic carbocycles. The molecular formula is C23H21BrClN3O4. The molecule has 166 valence electrons. The Kier molecular flexibility index (Phi) is 8.28. The number of hydrogen-bond acceptors (Lipinski definition) is 5. The van der Waals surface area contributed by atoms with Crippen LogP contribution in [0.5, 0.6) is 5.75 Å². The first kappa shape index (κ1) is 23.8. The average molecular weight is 519 g/mol. The maximum absolute atomic E-state index is 12.6. The number of benzene rings is 2. The van der Waals surface area contributed by atoms with Gasteiger partial charge in [0.1, 0.15) is 17.4 Å². The van der Waals surface area contributed by atoms with Crippen molar-refractivity contribution in [1.82, 2.24) is 4.90 Å². The Labute approximate surface area is 199 Å². The third-order valence-electron chi connectivity index (χ3n) is 4.86. The summed E-state index contributed by atoms with van der Waals surface area (Å²) in [5.41, 5.74) is 1.82. The van der Waals surface area contributed by atoms with Gasteiger partial charge in [-0.05, 0) is 64.3 Å². The molecular weight excluding hydrogens is 498 g/mol. The zero-order chi connectivity index (χ0) is 23.1. The third-order valence-corrected chi connectivity index (χ3v) is 5.89. The zero-order valence-corrected chi connectivity index (χ0v) is 19.7. The smallest absolute Gasteiger partial charge is 0.266 e. The van der Waals surface area contributed by atoms with Crippen LogP contribution in [0.1, 0.15) is 11.1 Å². The van der Waals surface area contributed by atoms with Crippen LogP contribution in [-0.4, -0.2) is 49.6 Å². The molecule has 0 unspecified atom stereocenters. The molecule has 1 heterocycles. The van der Waals surface area contributed by atoms with Crippen molar-refractivity contribution in [2.75, 3.05) is 38.2 Å². The van der Waals surface area contributed by atoms with Crippen LogP contribution >= 0.6 is 27.5 Å². The molecule has 1 aliphatic rings. The van der Waals surface area contributed by atoms with Gasteiger partial charge in [-0.2, -0.15) is 5.26 Å². The number of nitrogens with one attached hydrogen (secondary N) is 1. The number of ether oxygens (including phenoxy) is 2. The minimum absolute atomic E-state index is 0.0626. The highest BCUT2D eigenvalue weighted by atomic mass is 79.9. The molecule has 0 spiro atoms. The van der Waals surface area contributed by atoms with Crippen molar-refractivity contribution < 1.29 is 19.1 Å². The number of amides is 2. The Hall–Kier alpha value is -2.86. The zero-order valence-electron chi connectivity index (χ0n) is 17.4. The molecule has 2 aromatic carbocycles. The Bertz CT molecular complexity index is 1090. The van der Waals surface area contributed by atoms with Crippen molar-refractivity contribution in [3.8, 4) is 11.8 Å². The standard InChI is InChI=1S/C23H21BrClN3O4/c1-15-19(25)3-2-4-20(15)27-23(30)17(13-26)11-16-5-6-21(18(24)12-16)32-14-22(29)28-7-9-31-10-8-28/h2-6,11-12H,7-10,14H2,1H3,(H,27,30)/b17-11-. The molecule has 1 fully saturated rings. The second-order valence-electron chi connectivity index (χ2n) is 7.01. The van der Waals surface area contributed by atoms with E-state index in [9.17, 15) is 14.9 Å². The van der Waals surface area contributed by atoms with Gasteiger partial charge in [-0.15, -0.1) is 0 Å². The molecule has 1 N–H and O–H groups in total. The maximum atomic E-state index is 12.6. The summed E-state index contributed by atoms with van der Waals surface area (Å²) in [6, 6.07) is 12.2. The topological polar surface area (TPSA) is 91.7 Å². The molecule has 0 radical (unpaired) electrons. The molecule has 3 rings (SSSR count).